The van der Waals surface area contributed by atoms with Gasteiger partial charge in [0, 0.05) is 43.9 Å². The first-order valence-corrected chi connectivity index (χ1v) is 10.5. The van der Waals surface area contributed by atoms with E-state index < -0.39 is 0 Å². The molecular formula is C20H29ClN6O2. The standard InChI is InChI=1S/C20H29ClN6O2/c1-13-10-27(16(12-29-13)9-14-3-5-15(21)6-4-14)17-7-8-26(11-18(17)28-2)20-23-19(22)24-25-20/h3-6,13,16-18H,7-12H2,1-2H3,(H3,22,23,24,25)/t13-,16?,17?,18-/m0/s1. The van der Waals surface area contributed by atoms with Crippen LogP contribution in [0.3, 0.4) is 0 Å². The molecule has 4 rings (SSSR count). The van der Waals surface area contributed by atoms with Crippen molar-refractivity contribution in [1.29, 1.82) is 0 Å². The van der Waals surface area contributed by atoms with E-state index in [9.17, 15) is 0 Å². The van der Waals surface area contributed by atoms with E-state index in [1.165, 1.54) is 5.56 Å². The Balaban J connectivity index is 1.49. The Morgan fingerprint density at radius 3 is 2.79 bits per heavy atom. The third-order valence-corrected chi connectivity index (χ3v) is 6.17. The van der Waals surface area contributed by atoms with E-state index in [0.29, 0.717) is 24.0 Å². The quantitative estimate of drug-likeness (QED) is 0.763. The molecule has 2 fully saturated rings. The van der Waals surface area contributed by atoms with Crippen molar-refractivity contribution in [2.75, 3.05) is 44.0 Å². The molecule has 3 N–H and O–H groups in total. The second-order valence-electron chi connectivity index (χ2n) is 7.92. The van der Waals surface area contributed by atoms with Crippen LogP contribution >= 0.6 is 11.6 Å². The van der Waals surface area contributed by atoms with E-state index in [-0.39, 0.29) is 12.2 Å². The van der Waals surface area contributed by atoms with Crippen molar-refractivity contribution in [2.24, 2.45) is 0 Å². The van der Waals surface area contributed by atoms with Crippen LogP contribution in [0.15, 0.2) is 24.3 Å². The fourth-order valence-electron chi connectivity index (χ4n) is 4.45. The van der Waals surface area contributed by atoms with Crippen LogP contribution in [0.1, 0.15) is 18.9 Å². The van der Waals surface area contributed by atoms with Crippen LogP contribution in [-0.2, 0) is 15.9 Å². The summed E-state index contributed by atoms with van der Waals surface area (Å²) >= 11 is 6.05. The number of benzene rings is 1. The molecule has 8 nitrogen and oxygen atoms in total. The van der Waals surface area contributed by atoms with Gasteiger partial charge in [-0.25, -0.2) is 5.10 Å². The highest BCUT2D eigenvalue weighted by Gasteiger charge is 2.40. The largest absolute Gasteiger partial charge is 0.378 e. The topological polar surface area (TPSA) is 92.5 Å². The number of nitrogen functional groups attached to an aromatic ring is 1. The zero-order valence-corrected chi connectivity index (χ0v) is 17.7. The number of anilines is 2. The molecule has 4 atom stereocenters. The first-order chi connectivity index (χ1) is 14.0. The maximum Gasteiger partial charge on any atom is 0.246 e. The summed E-state index contributed by atoms with van der Waals surface area (Å²) in [4.78, 5) is 8.99. The minimum absolute atomic E-state index is 0.0569. The number of H-pyrrole nitrogens is 1. The van der Waals surface area contributed by atoms with Crippen molar-refractivity contribution in [3.63, 3.8) is 0 Å². The summed E-state index contributed by atoms with van der Waals surface area (Å²) in [6.45, 7) is 5.35. The van der Waals surface area contributed by atoms with E-state index in [0.717, 1.165) is 44.1 Å². The molecule has 0 bridgehead atoms. The molecule has 2 aliphatic rings. The number of ether oxygens (including phenoxy) is 2. The summed E-state index contributed by atoms with van der Waals surface area (Å²) in [5.41, 5.74) is 6.96. The van der Waals surface area contributed by atoms with E-state index in [1.807, 2.05) is 12.1 Å². The maximum absolute atomic E-state index is 6.05. The lowest BCUT2D eigenvalue weighted by molar-refractivity contribution is -0.101. The Morgan fingerprint density at radius 2 is 2.10 bits per heavy atom. The second kappa shape index (κ2) is 8.87. The summed E-state index contributed by atoms with van der Waals surface area (Å²) in [5.74, 6) is 0.970. The molecular weight excluding hydrogens is 392 g/mol. The number of hydrogen-bond acceptors (Lipinski definition) is 7. The van der Waals surface area contributed by atoms with Gasteiger partial charge < -0.3 is 20.1 Å². The summed E-state index contributed by atoms with van der Waals surface area (Å²) in [6.07, 6.45) is 2.16. The Hall–Kier alpha value is -1.87. The molecule has 2 unspecified atom stereocenters. The monoisotopic (exact) mass is 420 g/mol. The third kappa shape index (κ3) is 4.66. The number of halogens is 1. The first-order valence-electron chi connectivity index (χ1n) is 10.1. The zero-order chi connectivity index (χ0) is 20.4. The number of nitrogens with one attached hydrogen (secondary N) is 1. The van der Waals surface area contributed by atoms with Gasteiger partial charge >= 0.3 is 0 Å². The van der Waals surface area contributed by atoms with Crippen LogP contribution in [0, 0.1) is 0 Å². The van der Waals surface area contributed by atoms with Crippen molar-refractivity contribution in [1.82, 2.24) is 20.1 Å². The molecule has 1 aromatic carbocycles. The summed E-state index contributed by atoms with van der Waals surface area (Å²) < 4.78 is 11.9. The van der Waals surface area contributed by atoms with Gasteiger partial charge in [-0.05, 0) is 37.5 Å². The van der Waals surface area contributed by atoms with Crippen LogP contribution in [0.2, 0.25) is 5.02 Å². The van der Waals surface area contributed by atoms with Gasteiger partial charge in [0.15, 0.2) is 0 Å². The summed E-state index contributed by atoms with van der Waals surface area (Å²) in [6, 6.07) is 8.72. The number of nitrogens with zero attached hydrogens (tertiary/aromatic N) is 4. The highest BCUT2D eigenvalue weighted by atomic mass is 35.5. The van der Waals surface area contributed by atoms with Crippen LogP contribution in [-0.4, -0.2) is 77.7 Å². The molecule has 0 aliphatic carbocycles. The van der Waals surface area contributed by atoms with Crippen molar-refractivity contribution < 1.29 is 9.47 Å². The molecule has 2 aliphatic heterocycles. The molecule has 0 radical (unpaired) electrons. The molecule has 158 valence electrons. The lowest BCUT2D eigenvalue weighted by Crippen LogP contribution is -2.62. The average Bonchev–Trinajstić information content (AvgIpc) is 3.17. The first kappa shape index (κ1) is 20.4. The number of piperidine rings is 1. The molecule has 0 amide bonds. The van der Waals surface area contributed by atoms with Crippen molar-refractivity contribution in [3.05, 3.63) is 34.9 Å². The predicted molar refractivity (Wildman–Crippen MR) is 113 cm³/mol. The minimum Gasteiger partial charge on any atom is -0.378 e. The number of aromatic nitrogens is 3. The minimum atomic E-state index is 0.0569. The van der Waals surface area contributed by atoms with E-state index >= 15 is 0 Å². The molecule has 29 heavy (non-hydrogen) atoms. The third-order valence-electron chi connectivity index (χ3n) is 5.92. The Bertz CT molecular complexity index is 801. The Morgan fingerprint density at radius 1 is 1.31 bits per heavy atom. The van der Waals surface area contributed by atoms with E-state index in [1.54, 1.807) is 7.11 Å². The van der Waals surface area contributed by atoms with Gasteiger partial charge in [0.25, 0.3) is 0 Å². The van der Waals surface area contributed by atoms with Gasteiger partial charge in [-0.1, -0.05) is 23.7 Å². The van der Waals surface area contributed by atoms with Gasteiger partial charge in [0.05, 0.1) is 18.8 Å². The summed E-state index contributed by atoms with van der Waals surface area (Å²) in [7, 11) is 1.78. The van der Waals surface area contributed by atoms with Gasteiger partial charge in [-0.2, -0.15) is 4.98 Å². The van der Waals surface area contributed by atoms with Gasteiger partial charge in [-0.3, -0.25) is 4.90 Å². The van der Waals surface area contributed by atoms with Crippen LogP contribution in [0.25, 0.3) is 0 Å². The van der Waals surface area contributed by atoms with Gasteiger partial charge in [0.2, 0.25) is 11.9 Å². The fourth-order valence-corrected chi connectivity index (χ4v) is 4.57. The Kier molecular flexibility index (Phi) is 6.24. The lowest BCUT2D eigenvalue weighted by atomic mass is 9.94. The number of morpholine rings is 1. The number of aromatic amines is 1. The lowest BCUT2D eigenvalue weighted by Gasteiger charge is -2.48. The van der Waals surface area contributed by atoms with Crippen LogP contribution < -0.4 is 10.6 Å². The molecule has 2 saturated heterocycles. The second-order valence-corrected chi connectivity index (χ2v) is 8.36. The highest BCUT2D eigenvalue weighted by Crippen LogP contribution is 2.28. The Labute approximate surface area is 176 Å². The zero-order valence-electron chi connectivity index (χ0n) is 16.9. The smallest absolute Gasteiger partial charge is 0.246 e. The number of rotatable bonds is 5. The van der Waals surface area contributed by atoms with Gasteiger partial charge in [-0.15, -0.1) is 5.10 Å². The van der Waals surface area contributed by atoms with Crippen LogP contribution in [0.4, 0.5) is 11.9 Å². The molecule has 1 aromatic heterocycles. The predicted octanol–water partition coefficient (Wildman–Crippen LogP) is 1.97. The molecule has 0 saturated carbocycles. The SMILES string of the molecule is CO[C@H]1CN(c2n[nH]c(N)n2)CCC1N1C[C@H](C)OCC1Cc1ccc(Cl)cc1. The highest BCUT2D eigenvalue weighted by molar-refractivity contribution is 6.30. The fraction of sp³-hybridized carbons (Fsp3) is 0.600. The maximum atomic E-state index is 6.05. The van der Waals surface area contributed by atoms with Crippen molar-refractivity contribution in [2.45, 2.75) is 44.1 Å². The average molecular weight is 421 g/mol. The number of hydrogen-bond donors (Lipinski definition) is 2. The normalized spacial score (nSPS) is 28.6. The van der Waals surface area contributed by atoms with Crippen molar-refractivity contribution in [3.8, 4) is 0 Å². The molecule has 0 spiro atoms. The van der Waals surface area contributed by atoms with Crippen LogP contribution in [0.5, 0.6) is 0 Å². The van der Waals surface area contributed by atoms with Gasteiger partial charge in [0.1, 0.15) is 0 Å². The van der Waals surface area contributed by atoms with Crippen molar-refractivity contribution >= 4 is 23.5 Å². The van der Waals surface area contributed by atoms with E-state index in [2.05, 4.69) is 44.0 Å². The summed E-state index contributed by atoms with van der Waals surface area (Å²) in [5, 5.41) is 7.68. The van der Waals surface area contributed by atoms with E-state index in [4.69, 9.17) is 26.8 Å². The number of nitrogens with two attached hydrogens (primary N) is 1. The molecule has 3 heterocycles. The number of methoxy groups -OCH3 is 1. The molecule has 2 aromatic rings. The molecule has 9 heteroatoms.